The third-order valence-electron chi connectivity index (χ3n) is 3.20. The van der Waals surface area contributed by atoms with Gasteiger partial charge in [0.15, 0.2) is 5.78 Å². The summed E-state index contributed by atoms with van der Waals surface area (Å²) in [4.78, 5) is 18.3. The number of pyridine rings is 1. The maximum atomic E-state index is 11.7. The Balaban J connectivity index is 2.32. The first-order valence-corrected chi connectivity index (χ1v) is 6.78. The summed E-state index contributed by atoms with van der Waals surface area (Å²) >= 11 is 3.54. The number of carbonyl (C=O) groups excluding carboxylic acids is 1. The van der Waals surface area contributed by atoms with Crippen LogP contribution in [0, 0.1) is 6.92 Å². The molecule has 2 heterocycles. The zero-order valence-corrected chi connectivity index (χ0v) is 11.8. The van der Waals surface area contributed by atoms with E-state index in [0.717, 1.165) is 41.7 Å². The Morgan fingerprint density at radius 1 is 1.53 bits per heavy atom. The van der Waals surface area contributed by atoms with E-state index in [9.17, 15) is 4.79 Å². The first kappa shape index (κ1) is 12.6. The van der Waals surface area contributed by atoms with Crippen LogP contribution >= 0.6 is 15.9 Å². The molecule has 1 saturated heterocycles. The van der Waals surface area contributed by atoms with Crippen LogP contribution in [-0.4, -0.2) is 23.4 Å². The second kappa shape index (κ2) is 5.17. The minimum atomic E-state index is -0.00439. The summed E-state index contributed by atoms with van der Waals surface area (Å²) in [5, 5.41) is 0. The van der Waals surface area contributed by atoms with Crippen molar-refractivity contribution in [3.8, 4) is 0 Å². The molecule has 4 heteroatoms. The number of rotatable bonds is 2. The van der Waals surface area contributed by atoms with Gasteiger partial charge in [0.1, 0.15) is 5.82 Å². The van der Waals surface area contributed by atoms with E-state index < -0.39 is 0 Å². The van der Waals surface area contributed by atoms with Gasteiger partial charge in [-0.25, -0.2) is 4.98 Å². The topological polar surface area (TPSA) is 33.2 Å². The summed E-state index contributed by atoms with van der Waals surface area (Å²) in [6.07, 6.45) is 5.05. The number of aryl methyl sites for hydroxylation is 1. The smallest absolute Gasteiger partial charge is 0.152 e. The maximum Gasteiger partial charge on any atom is 0.152 e. The van der Waals surface area contributed by atoms with Gasteiger partial charge in [-0.3, -0.25) is 4.79 Å². The number of aromatic nitrogens is 1. The second-order valence-corrected chi connectivity index (χ2v) is 5.49. The molecule has 17 heavy (non-hydrogen) atoms. The Bertz CT molecular complexity index is 433. The molecule has 0 aromatic carbocycles. The van der Waals surface area contributed by atoms with Gasteiger partial charge in [-0.2, -0.15) is 0 Å². The Kier molecular flexibility index (Phi) is 3.82. The number of nitrogens with zero attached hydrogens (tertiary/aromatic N) is 2. The highest BCUT2D eigenvalue weighted by atomic mass is 79.9. The van der Waals surface area contributed by atoms with Crippen molar-refractivity contribution in [1.29, 1.82) is 0 Å². The molecular weight excluding hydrogens is 280 g/mol. The highest BCUT2D eigenvalue weighted by Crippen LogP contribution is 2.30. The lowest BCUT2D eigenvalue weighted by Crippen LogP contribution is -2.44. The molecule has 0 spiro atoms. The minimum absolute atomic E-state index is 0.00439. The van der Waals surface area contributed by atoms with Gasteiger partial charge in [0.05, 0.1) is 10.5 Å². The van der Waals surface area contributed by atoms with Crippen LogP contribution in [0.1, 0.15) is 31.7 Å². The fourth-order valence-electron chi connectivity index (χ4n) is 2.35. The predicted octanol–water partition coefficient (Wildman–Crippen LogP) is 3.10. The van der Waals surface area contributed by atoms with Crippen molar-refractivity contribution in [3.05, 3.63) is 22.3 Å². The van der Waals surface area contributed by atoms with Gasteiger partial charge in [-0.05, 0) is 60.7 Å². The molecule has 3 nitrogen and oxygen atoms in total. The number of carbonyl (C=O) groups is 1. The number of halogens is 1. The summed E-state index contributed by atoms with van der Waals surface area (Å²) in [6, 6.07) is 2.05. The van der Waals surface area contributed by atoms with E-state index >= 15 is 0 Å². The number of Topliss-reactive ketones (excluding diaryl/α,β-unsaturated/α-hetero) is 1. The van der Waals surface area contributed by atoms with E-state index in [1.54, 1.807) is 6.92 Å². The molecule has 0 radical (unpaired) electrons. The average molecular weight is 297 g/mol. The molecule has 92 valence electrons. The van der Waals surface area contributed by atoms with E-state index in [1.165, 1.54) is 0 Å². The molecule has 1 fully saturated rings. The number of hydrogen-bond acceptors (Lipinski definition) is 3. The van der Waals surface area contributed by atoms with Crippen molar-refractivity contribution in [1.82, 2.24) is 4.98 Å². The quantitative estimate of drug-likeness (QED) is 0.841. The summed E-state index contributed by atoms with van der Waals surface area (Å²) < 4.78 is 0.977. The van der Waals surface area contributed by atoms with Gasteiger partial charge < -0.3 is 4.90 Å². The van der Waals surface area contributed by atoms with Gasteiger partial charge in [0.25, 0.3) is 0 Å². The maximum absolute atomic E-state index is 11.7. The molecule has 1 aliphatic rings. The van der Waals surface area contributed by atoms with Crippen LogP contribution < -0.4 is 4.90 Å². The minimum Gasteiger partial charge on any atom is -0.346 e. The molecule has 1 aliphatic heterocycles. The third-order valence-corrected chi connectivity index (χ3v) is 3.79. The summed E-state index contributed by atoms with van der Waals surface area (Å²) in [6.45, 7) is 4.60. The Labute approximate surface area is 110 Å². The fraction of sp³-hybridized carbons (Fsp3) is 0.538. The number of anilines is 1. The third kappa shape index (κ3) is 2.68. The van der Waals surface area contributed by atoms with Crippen LogP contribution in [0.2, 0.25) is 0 Å². The van der Waals surface area contributed by atoms with Crippen LogP contribution in [0.3, 0.4) is 0 Å². The van der Waals surface area contributed by atoms with Crippen molar-refractivity contribution in [2.75, 3.05) is 11.4 Å². The zero-order valence-electron chi connectivity index (χ0n) is 10.2. The van der Waals surface area contributed by atoms with E-state index in [0.29, 0.717) is 0 Å². The highest BCUT2D eigenvalue weighted by molar-refractivity contribution is 9.10. The van der Waals surface area contributed by atoms with Gasteiger partial charge in [0.2, 0.25) is 0 Å². The van der Waals surface area contributed by atoms with Crippen molar-refractivity contribution in [3.63, 3.8) is 0 Å². The SMILES string of the molecule is CC(=O)C1CCCCN1c1ncc(C)cc1Br. The lowest BCUT2D eigenvalue weighted by Gasteiger charge is -2.35. The van der Waals surface area contributed by atoms with Crippen LogP contribution in [0.4, 0.5) is 5.82 Å². The standard InChI is InChI=1S/C13H17BrN2O/c1-9-7-11(14)13(15-8-9)16-6-4-3-5-12(16)10(2)17/h7-8,12H,3-6H2,1-2H3. The summed E-state index contributed by atoms with van der Waals surface area (Å²) in [5.74, 6) is 1.13. The Morgan fingerprint density at radius 2 is 2.29 bits per heavy atom. The molecule has 2 rings (SSSR count). The number of ketones is 1. The van der Waals surface area contributed by atoms with E-state index in [2.05, 4.69) is 25.8 Å². The van der Waals surface area contributed by atoms with Crippen molar-refractivity contribution in [2.45, 2.75) is 39.2 Å². The van der Waals surface area contributed by atoms with Gasteiger partial charge >= 0.3 is 0 Å². The van der Waals surface area contributed by atoms with Gasteiger partial charge in [0, 0.05) is 12.7 Å². The average Bonchev–Trinajstić information content (AvgIpc) is 2.29. The van der Waals surface area contributed by atoms with Gasteiger partial charge in [-0.15, -0.1) is 0 Å². The molecule has 0 N–H and O–H groups in total. The zero-order chi connectivity index (χ0) is 12.4. The normalized spacial score (nSPS) is 20.4. The van der Waals surface area contributed by atoms with Crippen LogP contribution in [0.25, 0.3) is 0 Å². The number of hydrogen-bond donors (Lipinski definition) is 0. The summed E-state index contributed by atoms with van der Waals surface area (Å²) in [7, 11) is 0. The van der Waals surface area contributed by atoms with Gasteiger partial charge in [-0.1, -0.05) is 0 Å². The lowest BCUT2D eigenvalue weighted by atomic mass is 9.99. The molecule has 1 atom stereocenters. The molecular formula is C13H17BrN2O. The van der Waals surface area contributed by atoms with Crippen molar-refractivity contribution >= 4 is 27.5 Å². The molecule has 0 saturated carbocycles. The molecule has 1 aromatic heterocycles. The molecule has 0 amide bonds. The van der Waals surface area contributed by atoms with E-state index in [4.69, 9.17) is 0 Å². The van der Waals surface area contributed by atoms with Crippen LogP contribution in [0.5, 0.6) is 0 Å². The monoisotopic (exact) mass is 296 g/mol. The fourth-order valence-corrected chi connectivity index (χ4v) is 3.04. The van der Waals surface area contributed by atoms with Crippen LogP contribution in [-0.2, 0) is 4.79 Å². The molecule has 1 unspecified atom stereocenters. The molecule has 1 aromatic rings. The van der Waals surface area contributed by atoms with Crippen LogP contribution in [0.15, 0.2) is 16.7 Å². The molecule has 0 aliphatic carbocycles. The number of piperidine rings is 1. The largest absolute Gasteiger partial charge is 0.346 e. The molecule has 0 bridgehead atoms. The highest BCUT2D eigenvalue weighted by Gasteiger charge is 2.28. The first-order valence-electron chi connectivity index (χ1n) is 5.99. The van der Waals surface area contributed by atoms with E-state index in [1.807, 2.05) is 19.2 Å². The summed E-state index contributed by atoms with van der Waals surface area (Å²) in [5.41, 5.74) is 1.12. The second-order valence-electron chi connectivity index (χ2n) is 4.63. The van der Waals surface area contributed by atoms with Crippen molar-refractivity contribution < 1.29 is 4.79 Å². The van der Waals surface area contributed by atoms with Crippen molar-refractivity contribution in [2.24, 2.45) is 0 Å². The first-order chi connectivity index (χ1) is 8.09. The predicted molar refractivity (Wildman–Crippen MR) is 72.3 cm³/mol. The van der Waals surface area contributed by atoms with E-state index in [-0.39, 0.29) is 11.8 Å². The Hall–Kier alpha value is -0.900. The lowest BCUT2D eigenvalue weighted by molar-refractivity contribution is -0.118. The Morgan fingerprint density at radius 3 is 2.94 bits per heavy atom.